The number of aromatic nitrogens is 2. The topological polar surface area (TPSA) is 237 Å². The molecule has 0 saturated carbocycles. The summed E-state index contributed by atoms with van der Waals surface area (Å²) in [6.07, 6.45) is 7.96. The van der Waals surface area contributed by atoms with Crippen LogP contribution in [0.2, 0.25) is 0 Å². The number of carbonyl (C=O) groups is 6. The molecule has 5 N–H and O–H groups in total. The second-order valence-corrected chi connectivity index (χ2v) is 18.7. The molecule has 0 aliphatic carbocycles. The number of piperidine rings is 4. The van der Waals surface area contributed by atoms with E-state index in [-0.39, 0.29) is 58.2 Å². The number of hydrogen-bond donors (Lipinski definition) is 4. The molecule has 0 bridgehead atoms. The molecule has 2 aromatic carbocycles. The zero-order valence-electron chi connectivity index (χ0n) is 34.0. The number of sulfone groups is 1. The number of nitrogens with zero attached hydrogens (tertiary/aromatic N) is 6. The van der Waals surface area contributed by atoms with E-state index in [4.69, 9.17) is 5.73 Å². The van der Waals surface area contributed by atoms with E-state index >= 15 is 0 Å². The largest absolute Gasteiger partial charge is 0.371 e. The molecule has 61 heavy (non-hydrogen) atoms. The molecule has 1 unspecified atom stereocenters. The summed E-state index contributed by atoms with van der Waals surface area (Å²) in [5.74, 6) is -1.65. The molecular weight excluding hydrogens is 805 g/mol. The van der Waals surface area contributed by atoms with Gasteiger partial charge < -0.3 is 31.1 Å². The fraction of sp³-hybridized carbons (Fsp3) is 0.476. The second-order valence-electron chi connectivity index (χ2n) is 16.7. The number of rotatable bonds is 11. The Balaban J connectivity index is 0.793. The summed E-state index contributed by atoms with van der Waals surface area (Å²) in [6, 6.07) is 10.3. The van der Waals surface area contributed by atoms with Crippen LogP contribution in [0.4, 0.5) is 23.0 Å². The second kappa shape index (κ2) is 17.2. The van der Waals surface area contributed by atoms with Crippen molar-refractivity contribution < 1.29 is 37.2 Å². The average molecular weight is 855 g/mol. The molecule has 4 fully saturated rings. The Morgan fingerprint density at radius 2 is 1.59 bits per heavy atom. The Labute approximate surface area is 353 Å². The molecule has 2 atom stereocenters. The quantitative estimate of drug-likeness (QED) is 0.202. The summed E-state index contributed by atoms with van der Waals surface area (Å²) >= 11 is 0. The van der Waals surface area contributed by atoms with Crippen LogP contribution in [0.25, 0.3) is 0 Å². The number of primary amides is 1. The van der Waals surface area contributed by atoms with Crippen LogP contribution in [0.3, 0.4) is 0 Å². The lowest BCUT2D eigenvalue weighted by Gasteiger charge is -2.39. The van der Waals surface area contributed by atoms with Gasteiger partial charge in [0.25, 0.3) is 17.7 Å². The van der Waals surface area contributed by atoms with Crippen LogP contribution in [-0.4, -0.2) is 128 Å². The fourth-order valence-corrected chi connectivity index (χ4v) is 9.75. The number of likely N-dealkylation sites (tertiary alicyclic amines) is 1. The lowest BCUT2D eigenvalue weighted by atomic mass is 9.91. The van der Waals surface area contributed by atoms with Crippen molar-refractivity contribution >= 4 is 68.3 Å². The number of nitrogens with one attached hydrogen (secondary N) is 3. The van der Waals surface area contributed by atoms with E-state index in [2.05, 4.69) is 35.7 Å². The highest BCUT2D eigenvalue weighted by atomic mass is 32.2. The maximum absolute atomic E-state index is 13.5. The van der Waals surface area contributed by atoms with Crippen molar-refractivity contribution in [3.63, 3.8) is 0 Å². The van der Waals surface area contributed by atoms with Gasteiger partial charge in [0.15, 0.2) is 21.3 Å². The number of nitrogens with two attached hydrogens (primary N) is 1. The van der Waals surface area contributed by atoms with Crippen molar-refractivity contribution in [2.45, 2.75) is 68.3 Å². The SMILES string of the molecule is CS(=O)(=O)c1ccc(Nc2nc(N3CCC[C@@H](NC(=O)C4CCN(CC5CCN(c6ccc7c(c6)C(=O)N(C6CCC(=O)NC6=O)C7=O)CC5)CC4)C3)cnc2C(N)=O)cc1. The molecule has 6 amide bonds. The Bertz CT molecular complexity index is 2360. The van der Waals surface area contributed by atoms with Crippen LogP contribution >= 0.6 is 0 Å². The monoisotopic (exact) mass is 854 g/mol. The highest BCUT2D eigenvalue weighted by molar-refractivity contribution is 7.90. The van der Waals surface area contributed by atoms with Crippen LogP contribution < -0.4 is 31.5 Å². The van der Waals surface area contributed by atoms with Gasteiger partial charge in [0.05, 0.1) is 22.2 Å². The number of fused-ring (bicyclic) bond motifs is 1. The zero-order chi connectivity index (χ0) is 43.0. The van der Waals surface area contributed by atoms with E-state index in [1.165, 1.54) is 18.3 Å². The van der Waals surface area contributed by atoms with Gasteiger partial charge in [0.1, 0.15) is 11.9 Å². The minimum Gasteiger partial charge on any atom is -0.371 e. The number of hydrogen-bond acceptors (Lipinski definition) is 14. The first-order valence-corrected chi connectivity index (χ1v) is 22.7. The van der Waals surface area contributed by atoms with Crippen molar-refractivity contribution in [3.05, 3.63) is 65.5 Å². The average Bonchev–Trinajstić information content (AvgIpc) is 3.49. The molecule has 19 heteroatoms. The Kier molecular flexibility index (Phi) is 11.8. The van der Waals surface area contributed by atoms with Crippen molar-refractivity contribution in [2.24, 2.45) is 17.6 Å². The predicted octanol–water partition coefficient (Wildman–Crippen LogP) is 1.84. The molecule has 5 aliphatic rings. The number of amides is 6. The highest BCUT2D eigenvalue weighted by Crippen LogP contribution is 2.33. The van der Waals surface area contributed by atoms with Gasteiger partial charge in [0.2, 0.25) is 17.7 Å². The van der Waals surface area contributed by atoms with Gasteiger partial charge in [-0.3, -0.25) is 39.0 Å². The van der Waals surface area contributed by atoms with Crippen LogP contribution in [0.15, 0.2) is 53.6 Å². The van der Waals surface area contributed by atoms with Crippen LogP contribution in [0, 0.1) is 11.8 Å². The number of imide groups is 2. The van der Waals surface area contributed by atoms with Gasteiger partial charge in [-0.1, -0.05) is 0 Å². The van der Waals surface area contributed by atoms with Gasteiger partial charge in [-0.2, -0.15) is 0 Å². The van der Waals surface area contributed by atoms with E-state index in [9.17, 15) is 37.2 Å². The number of carbonyl (C=O) groups excluding carboxylic acids is 6. The molecule has 18 nitrogen and oxygen atoms in total. The predicted molar refractivity (Wildman–Crippen MR) is 224 cm³/mol. The maximum Gasteiger partial charge on any atom is 0.271 e. The van der Waals surface area contributed by atoms with Crippen LogP contribution in [0.5, 0.6) is 0 Å². The first-order chi connectivity index (χ1) is 29.2. The molecule has 0 spiro atoms. The van der Waals surface area contributed by atoms with E-state index < -0.39 is 45.4 Å². The van der Waals surface area contributed by atoms with Gasteiger partial charge >= 0.3 is 0 Å². The summed E-state index contributed by atoms with van der Waals surface area (Å²) in [5, 5.41) is 8.57. The van der Waals surface area contributed by atoms with Crippen LogP contribution in [0.1, 0.15) is 82.6 Å². The van der Waals surface area contributed by atoms with Crippen molar-refractivity contribution in [2.75, 3.05) is 67.2 Å². The van der Waals surface area contributed by atoms with Gasteiger partial charge in [-0.05, 0) is 106 Å². The molecule has 322 valence electrons. The first-order valence-electron chi connectivity index (χ1n) is 20.8. The molecule has 5 aliphatic heterocycles. The smallest absolute Gasteiger partial charge is 0.271 e. The molecule has 4 saturated heterocycles. The summed E-state index contributed by atoms with van der Waals surface area (Å²) < 4.78 is 23.8. The minimum absolute atomic E-state index is 0.0502. The third-order valence-electron chi connectivity index (χ3n) is 12.5. The minimum atomic E-state index is -3.38. The zero-order valence-corrected chi connectivity index (χ0v) is 34.8. The normalized spacial score (nSPS) is 22.0. The Hall–Kier alpha value is -5.95. The molecule has 8 rings (SSSR count). The molecule has 1 aromatic heterocycles. The van der Waals surface area contributed by atoms with Crippen molar-refractivity contribution in [1.82, 2.24) is 30.4 Å². The lowest BCUT2D eigenvalue weighted by molar-refractivity contribution is -0.136. The summed E-state index contributed by atoms with van der Waals surface area (Å²) in [6.45, 7) is 5.46. The van der Waals surface area contributed by atoms with Gasteiger partial charge in [-0.25, -0.2) is 18.4 Å². The Morgan fingerprint density at radius 3 is 2.28 bits per heavy atom. The highest BCUT2D eigenvalue weighted by Gasteiger charge is 2.45. The van der Waals surface area contributed by atoms with Gasteiger partial charge in [-0.15, -0.1) is 0 Å². The van der Waals surface area contributed by atoms with Gasteiger partial charge in [0, 0.05) is 68.7 Å². The molecule has 0 radical (unpaired) electrons. The fourth-order valence-electron chi connectivity index (χ4n) is 9.12. The third kappa shape index (κ3) is 9.07. The third-order valence-corrected chi connectivity index (χ3v) is 13.6. The summed E-state index contributed by atoms with van der Waals surface area (Å²) in [7, 11) is -3.38. The lowest BCUT2D eigenvalue weighted by Crippen LogP contribution is -2.54. The van der Waals surface area contributed by atoms with E-state index in [0.29, 0.717) is 30.5 Å². The van der Waals surface area contributed by atoms with E-state index in [0.717, 1.165) is 88.1 Å². The molecule has 6 heterocycles. The standard InChI is InChI=1S/C42H50N10O8S/c1-61(59,60)30-7-4-27(5-8-30)45-38-36(37(43)54)44-22-34(47-38)51-16-2-3-28(24-51)46-39(55)26-14-17-49(18-15-26)23-25-12-19-50(20-13-25)29-6-9-31-32(21-29)42(58)52(41(31)57)33-10-11-35(53)48-40(33)56/h4-9,21-22,25-26,28,33H,2-3,10-20,23-24H2,1H3,(H2,43,54)(H,45,47)(H,46,55)(H,48,53,56)/t28-,33?/m1/s1. The van der Waals surface area contributed by atoms with E-state index in [1.54, 1.807) is 24.3 Å². The van der Waals surface area contributed by atoms with Crippen molar-refractivity contribution in [3.8, 4) is 0 Å². The number of benzene rings is 2. The van der Waals surface area contributed by atoms with E-state index in [1.807, 2.05) is 11.0 Å². The molecular formula is C42H50N10O8S. The van der Waals surface area contributed by atoms with Crippen LogP contribution in [-0.2, 0) is 24.2 Å². The summed E-state index contributed by atoms with van der Waals surface area (Å²) in [4.78, 5) is 93.1. The Morgan fingerprint density at radius 1 is 0.869 bits per heavy atom. The summed E-state index contributed by atoms with van der Waals surface area (Å²) in [5.41, 5.74) is 7.48. The maximum atomic E-state index is 13.5. The molecule has 3 aromatic rings. The van der Waals surface area contributed by atoms with Crippen molar-refractivity contribution in [1.29, 1.82) is 0 Å². The number of anilines is 4. The first kappa shape index (κ1) is 41.8.